The Bertz CT molecular complexity index is 404. The Morgan fingerprint density at radius 3 is 3.18 bits per heavy atom. The lowest BCUT2D eigenvalue weighted by Crippen LogP contribution is -2.10. The van der Waals surface area contributed by atoms with Crippen molar-refractivity contribution in [2.75, 3.05) is 20.3 Å². The summed E-state index contributed by atoms with van der Waals surface area (Å²) in [4.78, 5) is 4.50. The second-order valence-electron chi connectivity index (χ2n) is 4.08. The molecule has 2 rings (SSSR count). The fraction of sp³-hybridized carbons (Fsp3) is 0.462. The second-order valence-corrected chi connectivity index (χ2v) is 4.08. The molecule has 0 saturated heterocycles. The summed E-state index contributed by atoms with van der Waals surface area (Å²) in [5, 5.41) is 0. The van der Waals surface area contributed by atoms with Gasteiger partial charge in [0.25, 0.3) is 0 Å². The van der Waals surface area contributed by atoms with Crippen LogP contribution in [0.2, 0.25) is 0 Å². The van der Waals surface area contributed by atoms with E-state index in [1.54, 1.807) is 7.11 Å². The second kappa shape index (κ2) is 5.68. The molecule has 4 nitrogen and oxygen atoms in total. The first-order valence-electron chi connectivity index (χ1n) is 5.84. The van der Waals surface area contributed by atoms with Crippen LogP contribution in [0.15, 0.2) is 29.3 Å². The number of aliphatic imine (C=N–C) groups is 1. The van der Waals surface area contributed by atoms with Gasteiger partial charge in [0.2, 0.25) is 0 Å². The van der Waals surface area contributed by atoms with Crippen LogP contribution in [0.1, 0.15) is 12.0 Å². The molecule has 2 N–H and O–H groups in total. The van der Waals surface area contributed by atoms with E-state index >= 15 is 0 Å². The molecule has 1 aromatic carbocycles. The first kappa shape index (κ1) is 11.9. The third kappa shape index (κ3) is 3.20. The minimum absolute atomic E-state index is 0.212. The number of nitrogens with two attached hydrogens (primary N) is 1. The normalized spacial score (nSPS) is 18.7. The Labute approximate surface area is 101 Å². The van der Waals surface area contributed by atoms with Crippen molar-refractivity contribution in [2.24, 2.45) is 10.7 Å². The summed E-state index contributed by atoms with van der Waals surface area (Å²) in [5.41, 5.74) is 6.69. The molecule has 1 aliphatic heterocycles. The highest BCUT2D eigenvalue weighted by atomic mass is 16.5. The van der Waals surface area contributed by atoms with Crippen molar-refractivity contribution in [3.63, 3.8) is 0 Å². The largest absolute Gasteiger partial charge is 0.497 e. The lowest BCUT2D eigenvalue weighted by atomic mass is 10.1. The molecule has 0 spiro atoms. The van der Waals surface area contributed by atoms with Gasteiger partial charge in [0.1, 0.15) is 12.4 Å². The highest BCUT2D eigenvalue weighted by Crippen LogP contribution is 2.17. The number of hydrogen-bond acceptors (Lipinski definition) is 4. The van der Waals surface area contributed by atoms with Crippen LogP contribution in [0.3, 0.4) is 0 Å². The maximum absolute atomic E-state index is 5.47. The van der Waals surface area contributed by atoms with E-state index in [9.17, 15) is 0 Å². The molecule has 0 fully saturated rings. The van der Waals surface area contributed by atoms with Gasteiger partial charge in [0.05, 0.1) is 13.2 Å². The van der Waals surface area contributed by atoms with Crippen molar-refractivity contribution in [1.29, 1.82) is 0 Å². The molecule has 17 heavy (non-hydrogen) atoms. The molecule has 0 amide bonds. The summed E-state index contributed by atoms with van der Waals surface area (Å²) in [6.45, 7) is 1.25. The van der Waals surface area contributed by atoms with Gasteiger partial charge in [-0.05, 0) is 24.1 Å². The zero-order valence-electron chi connectivity index (χ0n) is 10.1. The molecule has 92 valence electrons. The van der Waals surface area contributed by atoms with Crippen LogP contribution in [0, 0.1) is 0 Å². The van der Waals surface area contributed by atoms with Crippen LogP contribution >= 0.6 is 0 Å². The van der Waals surface area contributed by atoms with E-state index in [-0.39, 0.29) is 6.04 Å². The average Bonchev–Trinajstić information content (AvgIpc) is 2.77. The Kier molecular flexibility index (Phi) is 3.98. The molecule has 1 aromatic rings. The van der Waals surface area contributed by atoms with Crippen molar-refractivity contribution >= 4 is 5.90 Å². The number of hydrogen-bond donors (Lipinski definition) is 1. The summed E-state index contributed by atoms with van der Waals surface area (Å²) in [5.74, 6) is 1.67. The number of rotatable bonds is 5. The Morgan fingerprint density at radius 1 is 1.53 bits per heavy atom. The maximum atomic E-state index is 5.47. The molecule has 4 heteroatoms. The van der Waals surface area contributed by atoms with Crippen molar-refractivity contribution in [3.05, 3.63) is 29.8 Å². The van der Waals surface area contributed by atoms with Crippen LogP contribution in [-0.2, 0) is 11.2 Å². The van der Waals surface area contributed by atoms with E-state index in [0.29, 0.717) is 13.2 Å². The summed E-state index contributed by atoms with van der Waals surface area (Å²) in [6, 6.07) is 8.27. The molecule has 0 saturated carbocycles. The molecule has 1 unspecified atom stereocenters. The Balaban J connectivity index is 1.97. The first-order valence-corrected chi connectivity index (χ1v) is 5.84. The molecular formula is C13H18N2O2. The van der Waals surface area contributed by atoms with Crippen molar-refractivity contribution in [2.45, 2.75) is 18.9 Å². The minimum Gasteiger partial charge on any atom is -0.497 e. The number of benzene rings is 1. The average molecular weight is 234 g/mol. The van der Waals surface area contributed by atoms with Crippen molar-refractivity contribution in [3.8, 4) is 5.75 Å². The Hall–Kier alpha value is -1.55. The molecule has 1 heterocycles. The lowest BCUT2D eigenvalue weighted by molar-refractivity contribution is 0.309. The fourth-order valence-electron chi connectivity index (χ4n) is 1.91. The van der Waals surface area contributed by atoms with Crippen LogP contribution in [0.25, 0.3) is 0 Å². The predicted molar refractivity (Wildman–Crippen MR) is 67.5 cm³/mol. The Morgan fingerprint density at radius 2 is 2.41 bits per heavy atom. The van der Waals surface area contributed by atoms with Gasteiger partial charge in [-0.3, -0.25) is 0 Å². The summed E-state index contributed by atoms with van der Waals surface area (Å²) < 4.78 is 10.7. The van der Waals surface area contributed by atoms with Gasteiger partial charge in [-0.25, -0.2) is 4.99 Å². The van der Waals surface area contributed by atoms with Crippen molar-refractivity contribution < 1.29 is 9.47 Å². The number of ether oxygens (including phenoxy) is 2. The van der Waals surface area contributed by atoms with Gasteiger partial charge in [0, 0.05) is 13.0 Å². The molecule has 1 atom stereocenters. The monoisotopic (exact) mass is 234 g/mol. The molecule has 0 aromatic heterocycles. The van der Waals surface area contributed by atoms with Gasteiger partial charge in [-0.1, -0.05) is 12.1 Å². The van der Waals surface area contributed by atoms with Crippen LogP contribution in [0.4, 0.5) is 0 Å². The fourth-order valence-corrected chi connectivity index (χ4v) is 1.91. The molecule has 0 bridgehead atoms. The highest BCUT2D eigenvalue weighted by molar-refractivity contribution is 5.77. The topological polar surface area (TPSA) is 56.8 Å². The predicted octanol–water partition coefficient (Wildman–Crippen LogP) is 1.38. The van der Waals surface area contributed by atoms with Gasteiger partial charge >= 0.3 is 0 Å². The number of nitrogens with zero attached hydrogens (tertiary/aromatic N) is 1. The van der Waals surface area contributed by atoms with Crippen molar-refractivity contribution in [1.82, 2.24) is 0 Å². The van der Waals surface area contributed by atoms with Crippen LogP contribution in [0.5, 0.6) is 5.75 Å². The van der Waals surface area contributed by atoms with Gasteiger partial charge in [-0.2, -0.15) is 0 Å². The van der Waals surface area contributed by atoms with E-state index in [1.807, 2.05) is 18.2 Å². The third-order valence-corrected chi connectivity index (χ3v) is 2.73. The SMILES string of the molecule is COc1cccc(CC2COC(CCN)=N2)c1. The lowest BCUT2D eigenvalue weighted by Gasteiger charge is -2.06. The quantitative estimate of drug-likeness (QED) is 0.837. The summed E-state index contributed by atoms with van der Waals surface area (Å²) >= 11 is 0. The first-order chi connectivity index (χ1) is 8.31. The zero-order chi connectivity index (χ0) is 12.1. The van der Waals surface area contributed by atoms with E-state index in [4.69, 9.17) is 15.2 Å². The zero-order valence-corrected chi connectivity index (χ0v) is 10.1. The van der Waals surface area contributed by atoms with E-state index < -0.39 is 0 Å². The summed E-state index contributed by atoms with van der Waals surface area (Å²) in [7, 11) is 1.68. The smallest absolute Gasteiger partial charge is 0.184 e. The van der Waals surface area contributed by atoms with Crippen LogP contribution < -0.4 is 10.5 Å². The summed E-state index contributed by atoms with van der Waals surface area (Å²) in [6.07, 6.45) is 1.61. The highest BCUT2D eigenvalue weighted by Gasteiger charge is 2.18. The molecule has 0 radical (unpaired) electrons. The van der Waals surface area contributed by atoms with Crippen LogP contribution in [-0.4, -0.2) is 32.2 Å². The minimum atomic E-state index is 0.212. The van der Waals surface area contributed by atoms with E-state index in [0.717, 1.165) is 24.5 Å². The van der Waals surface area contributed by atoms with Gasteiger partial charge < -0.3 is 15.2 Å². The number of methoxy groups -OCH3 is 1. The van der Waals surface area contributed by atoms with E-state index in [1.165, 1.54) is 5.56 Å². The molecular weight excluding hydrogens is 216 g/mol. The molecule has 0 aliphatic carbocycles. The standard InChI is InChI=1S/C13H18N2O2/c1-16-12-4-2-3-10(8-12)7-11-9-17-13(15-11)5-6-14/h2-4,8,11H,5-7,9,14H2,1H3. The molecule has 1 aliphatic rings. The maximum Gasteiger partial charge on any atom is 0.184 e. The van der Waals surface area contributed by atoms with E-state index in [2.05, 4.69) is 11.1 Å². The van der Waals surface area contributed by atoms with Gasteiger partial charge in [0.15, 0.2) is 5.90 Å². The third-order valence-electron chi connectivity index (χ3n) is 2.73. The van der Waals surface area contributed by atoms with Gasteiger partial charge in [-0.15, -0.1) is 0 Å².